The van der Waals surface area contributed by atoms with Crippen LogP contribution < -0.4 is 10.1 Å². The summed E-state index contributed by atoms with van der Waals surface area (Å²) >= 11 is 0. The molecule has 2 saturated heterocycles. The van der Waals surface area contributed by atoms with E-state index in [-0.39, 0.29) is 17.5 Å². The Kier molecular flexibility index (Phi) is 6.43. The number of halogens is 3. The molecule has 2 amide bonds. The van der Waals surface area contributed by atoms with E-state index in [0.717, 1.165) is 51.3 Å². The van der Waals surface area contributed by atoms with Crippen LogP contribution in [0.1, 0.15) is 13.3 Å². The third-order valence-electron chi connectivity index (χ3n) is 5.17. The molecule has 2 fully saturated rings. The van der Waals surface area contributed by atoms with Gasteiger partial charge in [-0.15, -0.1) is 0 Å². The Morgan fingerprint density at radius 3 is 2.63 bits per heavy atom. The van der Waals surface area contributed by atoms with Gasteiger partial charge < -0.3 is 19.9 Å². The van der Waals surface area contributed by atoms with Crippen LogP contribution in [0.15, 0.2) is 18.2 Å². The second-order valence-corrected chi connectivity index (χ2v) is 6.84. The third-order valence-corrected chi connectivity index (χ3v) is 5.17. The largest absolute Gasteiger partial charge is 0.435 e. The predicted octanol–water partition coefficient (Wildman–Crippen LogP) is 2.67. The summed E-state index contributed by atoms with van der Waals surface area (Å²) in [5.74, 6) is -1.08. The molecule has 1 aromatic carbocycles. The number of likely N-dealkylation sites (N-methyl/N-ethyl adjacent to an activating group) is 1. The van der Waals surface area contributed by atoms with E-state index in [1.54, 1.807) is 4.90 Å². The molecule has 9 heteroatoms. The van der Waals surface area contributed by atoms with Gasteiger partial charge in [-0.25, -0.2) is 9.18 Å². The second-order valence-electron chi connectivity index (χ2n) is 6.84. The maximum Gasteiger partial charge on any atom is 0.387 e. The standard InChI is InChI=1S/C18H25F3N4O2/c1-2-23-5-7-24(8-6-23)15-3-4-25(12-15)18(26)22-14-9-13(19)10-16(11-14)27-17(20)21/h9-11,15,17H,2-8,12H2,1H3,(H,22,26). The summed E-state index contributed by atoms with van der Waals surface area (Å²) < 4.78 is 42.4. The van der Waals surface area contributed by atoms with Crippen molar-refractivity contribution in [1.82, 2.24) is 14.7 Å². The number of nitrogens with one attached hydrogen (secondary N) is 1. The summed E-state index contributed by atoms with van der Waals surface area (Å²) in [6.45, 7) is 5.43. The quantitative estimate of drug-likeness (QED) is 0.845. The fraction of sp³-hybridized carbons (Fsp3) is 0.611. The van der Waals surface area contributed by atoms with Gasteiger partial charge in [-0.05, 0) is 19.0 Å². The number of urea groups is 1. The molecule has 6 nitrogen and oxygen atoms in total. The molecule has 0 radical (unpaired) electrons. The van der Waals surface area contributed by atoms with Crippen molar-refractivity contribution < 1.29 is 22.7 Å². The number of amides is 2. The molecule has 1 aromatic rings. The normalized spacial score (nSPS) is 21.7. The van der Waals surface area contributed by atoms with Gasteiger partial charge in [0, 0.05) is 63.1 Å². The van der Waals surface area contributed by atoms with E-state index in [4.69, 9.17) is 0 Å². The molecule has 2 aliphatic rings. The highest BCUT2D eigenvalue weighted by Gasteiger charge is 2.32. The van der Waals surface area contributed by atoms with E-state index in [0.29, 0.717) is 19.1 Å². The maximum absolute atomic E-state index is 13.6. The van der Waals surface area contributed by atoms with Crippen LogP contribution in [0.2, 0.25) is 0 Å². The van der Waals surface area contributed by atoms with Gasteiger partial charge in [-0.3, -0.25) is 4.90 Å². The average molecular weight is 386 g/mol. The Bertz CT molecular complexity index is 653. The van der Waals surface area contributed by atoms with Gasteiger partial charge in [0.1, 0.15) is 11.6 Å². The summed E-state index contributed by atoms with van der Waals surface area (Å²) in [5.41, 5.74) is 0.0932. The number of benzene rings is 1. The maximum atomic E-state index is 13.6. The molecule has 0 bridgehead atoms. The van der Waals surface area contributed by atoms with Crippen LogP contribution in [-0.2, 0) is 0 Å². The SMILES string of the molecule is CCN1CCN(C2CCN(C(=O)Nc3cc(F)cc(OC(F)F)c3)C2)CC1. The first kappa shape index (κ1) is 19.8. The highest BCUT2D eigenvalue weighted by molar-refractivity contribution is 5.89. The Balaban J connectivity index is 1.54. The van der Waals surface area contributed by atoms with Crippen molar-refractivity contribution in [2.24, 2.45) is 0 Å². The summed E-state index contributed by atoms with van der Waals surface area (Å²) in [6, 6.07) is 3.07. The number of hydrogen-bond donors (Lipinski definition) is 1. The van der Waals surface area contributed by atoms with Crippen LogP contribution in [0.5, 0.6) is 5.75 Å². The monoisotopic (exact) mass is 386 g/mol. The lowest BCUT2D eigenvalue weighted by Crippen LogP contribution is -2.51. The first-order chi connectivity index (χ1) is 12.9. The molecule has 1 unspecified atom stereocenters. The predicted molar refractivity (Wildman–Crippen MR) is 95.7 cm³/mol. The molecule has 0 aliphatic carbocycles. The fourth-order valence-corrected chi connectivity index (χ4v) is 3.68. The number of carbonyl (C=O) groups is 1. The molecule has 3 rings (SSSR count). The lowest BCUT2D eigenvalue weighted by Gasteiger charge is -2.37. The zero-order valence-corrected chi connectivity index (χ0v) is 15.3. The molecule has 0 spiro atoms. The van der Waals surface area contributed by atoms with Crippen molar-refractivity contribution in [3.8, 4) is 5.75 Å². The van der Waals surface area contributed by atoms with E-state index in [1.807, 2.05) is 0 Å². The molecule has 1 atom stereocenters. The minimum atomic E-state index is -3.05. The number of carbonyl (C=O) groups excluding carboxylic acids is 1. The number of anilines is 1. The number of likely N-dealkylation sites (tertiary alicyclic amines) is 1. The molecule has 2 heterocycles. The zero-order chi connectivity index (χ0) is 19.4. The Labute approximate surface area is 156 Å². The van der Waals surface area contributed by atoms with Gasteiger partial charge in [0.05, 0.1) is 0 Å². The lowest BCUT2D eigenvalue weighted by atomic mass is 10.2. The molecular weight excluding hydrogens is 361 g/mol. The molecule has 150 valence electrons. The minimum absolute atomic E-state index is 0.0932. The fourth-order valence-electron chi connectivity index (χ4n) is 3.68. The van der Waals surface area contributed by atoms with Crippen molar-refractivity contribution in [2.45, 2.75) is 26.0 Å². The second kappa shape index (κ2) is 8.79. The molecule has 27 heavy (non-hydrogen) atoms. The molecular formula is C18H25F3N4O2. The number of nitrogens with zero attached hydrogens (tertiary/aromatic N) is 3. The zero-order valence-electron chi connectivity index (χ0n) is 15.3. The van der Waals surface area contributed by atoms with Crippen LogP contribution in [0, 0.1) is 5.82 Å². The van der Waals surface area contributed by atoms with Crippen molar-refractivity contribution >= 4 is 11.7 Å². The van der Waals surface area contributed by atoms with Crippen molar-refractivity contribution in [3.63, 3.8) is 0 Å². The van der Waals surface area contributed by atoms with Crippen LogP contribution in [0.25, 0.3) is 0 Å². The highest BCUT2D eigenvalue weighted by atomic mass is 19.3. The lowest BCUT2D eigenvalue weighted by molar-refractivity contribution is -0.0499. The van der Waals surface area contributed by atoms with E-state index >= 15 is 0 Å². The Morgan fingerprint density at radius 1 is 1.22 bits per heavy atom. The van der Waals surface area contributed by atoms with Crippen LogP contribution in [-0.4, -0.2) is 79.2 Å². The van der Waals surface area contributed by atoms with Crippen molar-refractivity contribution in [2.75, 3.05) is 51.1 Å². The van der Waals surface area contributed by atoms with Gasteiger partial charge in [-0.1, -0.05) is 6.92 Å². The summed E-state index contributed by atoms with van der Waals surface area (Å²) in [4.78, 5) is 19.0. The smallest absolute Gasteiger partial charge is 0.387 e. The van der Waals surface area contributed by atoms with Crippen LogP contribution >= 0.6 is 0 Å². The van der Waals surface area contributed by atoms with Gasteiger partial charge in [0.25, 0.3) is 0 Å². The number of alkyl halides is 2. The summed E-state index contributed by atoms with van der Waals surface area (Å²) in [7, 11) is 0. The number of ether oxygens (including phenoxy) is 1. The first-order valence-electron chi connectivity index (χ1n) is 9.22. The van der Waals surface area contributed by atoms with Gasteiger partial charge in [0.15, 0.2) is 0 Å². The molecule has 1 N–H and O–H groups in total. The number of piperazine rings is 1. The third kappa shape index (κ3) is 5.26. The summed E-state index contributed by atoms with van der Waals surface area (Å²) in [6.07, 6.45) is 0.891. The van der Waals surface area contributed by atoms with E-state index < -0.39 is 12.4 Å². The number of rotatable bonds is 5. The average Bonchev–Trinajstić information content (AvgIpc) is 3.11. The topological polar surface area (TPSA) is 48.0 Å². The van der Waals surface area contributed by atoms with E-state index in [2.05, 4.69) is 26.8 Å². The molecule has 2 aliphatic heterocycles. The van der Waals surface area contributed by atoms with E-state index in [1.165, 1.54) is 6.07 Å². The first-order valence-corrected chi connectivity index (χ1v) is 9.22. The van der Waals surface area contributed by atoms with Crippen molar-refractivity contribution in [3.05, 3.63) is 24.0 Å². The highest BCUT2D eigenvalue weighted by Crippen LogP contribution is 2.23. The Hall–Kier alpha value is -2.00. The van der Waals surface area contributed by atoms with E-state index in [9.17, 15) is 18.0 Å². The number of hydrogen-bond acceptors (Lipinski definition) is 4. The van der Waals surface area contributed by atoms with Crippen molar-refractivity contribution in [1.29, 1.82) is 0 Å². The minimum Gasteiger partial charge on any atom is -0.435 e. The molecule has 0 aromatic heterocycles. The Morgan fingerprint density at radius 2 is 1.96 bits per heavy atom. The van der Waals surface area contributed by atoms with Crippen LogP contribution in [0.3, 0.4) is 0 Å². The van der Waals surface area contributed by atoms with Crippen LogP contribution in [0.4, 0.5) is 23.7 Å². The van der Waals surface area contributed by atoms with Gasteiger partial charge in [-0.2, -0.15) is 8.78 Å². The van der Waals surface area contributed by atoms with Gasteiger partial charge >= 0.3 is 12.6 Å². The summed E-state index contributed by atoms with van der Waals surface area (Å²) in [5, 5.41) is 2.57. The molecule has 0 saturated carbocycles. The van der Waals surface area contributed by atoms with Gasteiger partial charge in [0.2, 0.25) is 0 Å².